The summed E-state index contributed by atoms with van der Waals surface area (Å²) < 4.78 is 1.11. The molecule has 3 nitrogen and oxygen atoms in total. The lowest BCUT2D eigenvalue weighted by atomic mass is 10.1. The van der Waals surface area contributed by atoms with E-state index < -0.39 is 0 Å². The number of nitrogens with two attached hydrogens (primary N) is 1. The topological polar surface area (TPSA) is 55.1 Å². The van der Waals surface area contributed by atoms with Crippen molar-refractivity contribution in [3.05, 3.63) is 32.9 Å². The molecule has 1 aromatic carbocycles. The lowest BCUT2D eigenvalue weighted by Gasteiger charge is -2.17. The molecule has 3 N–H and O–H groups in total. The van der Waals surface area contributed by atoms with Crippen LogP contribution in [0.3, 0.4) is 0 Å². The summed E-state index contributed by atoms with van der Waals surface area (Å²) in [6, 6.07) is 5.85. The maximum absolute atomic E-state index is 12.2. The van der Waals surface area contributed by atoms with E-state index in [2.05, 4.69) is 34.8 Å². The summed E-state index contributed by atoms with van der Waals surface area (Å²) in [5.74, 6) is -0.0161. The molecule has 0 heterocycles. The van der Waals surface area contributed by atoms with Crippen molar-refractivity contribution in [1.82, 2.24) is 5.32 Å². The third-order valence-corrected chi connectivity index (χ3v) is 4.21. The first-order chi connectivity index (χ1) is 8.60. The molecule has 4 heteroatoms. The zero-order valence-corrected chi connectivity index (χ0v) is 13.2. The van der Waals surface area contributed by atoms with Crippen LogP contribution < -0.4 is 11.1 Å². The van der Waals surface area contributed by atoms with Crippen molar-refractivity contribution in [2.75, 3.05) is 6.54 Å². The van der Waals surface area contributed by atoms with Crippen LogP contribution in [0.4, 0.5) is 0 Å². The summed E-state index contributed by atoms with van der Waals surface area (Å²) in [7, 11) is 0. The van der Waals surface area contributed by atoms with E-state index in [-0.39, 0.29) is 11.9 Å². The van der Waals surface area contributed by atoms with E-state index in [1.165, 1.54) is 0 Å². The highest BCUT2D eigenvalue weighted by Crippen LogP contribution is 2.16. The lowest BCUT2D eigenvalue weighted by Crippen LogP contribution is -2.40. The molecule has 18 heavy (non-hydrogen) atoms. The molecular formula is C14H21IN2O. The van der Waals surface area contributed by atoms with E-state index in [4.69, 9.17) is 5.73 Å². The van der Waals surface area contributed by atoms with Crippen LogP contribution in [0.25, 0.3) is 0 Å². The SMILES string of the molecule is CCCCC(CN)NC(=O)c1cccc(I)c1C. The Hall–Kier alpha value is -0.620. The maximum atomic E-state index is 12.2. The van der Waals surface area contributed by atoms with E-state index in [0.29, 0.717) is 6.54 Å². The molecule has 0 aromatic heterocycles. The highest BCUT2D eigenvalue weighted by molar-refractivity contribution is 14.1. The normalized spacial score (nSPS) is 12.2. The van der Waals surface area contributed by atoms with Gasteiger partial charge in [-0.1, -0.05) is 25.8 Å². The van der Waals surface area contributed by atoms with Gasteiger partial charge < -0.3 is 11.1 Å². The second-order valence-corrected chi connectivity index (χ2v) is 5.62. The van der Waals surface area contributed by atoms with Crippen molar-refractivity contribution in [1.29, 1.82) is 0 Å². The molecule has 100 valence electrons. The summed E-state index contributed by atoms with van der Waals surface area (Å²) in [5, 5.41) is 3.02. The monoisotopic (exact) mass is 360 g/mol. The third kappa shape index (κ3) is 4.24. The highest BCUT2D eigenvalue weighted by atomic mass is 127. The first kappa shape index (κ1) is 15.4. The molecule has 0 radical (unpaired) electrons. The summed E-state index contributed by atoms with van der Waals surface area (Å²) >= 11 is 2.24. The van der Waals surface area contributed by atoms with Crippen LogP contribution in [-0.4, -0.2) is 18.5 Å². The number of hydrogen-bond donors (Lipinski definition) is 2. The van der Waals surface area contributed by atoms with Crippen LogP contribution in [-0.2, 0) is 0 Å². The number of rotatable bonds is 6. The van der Waals surface area contributed by atoms with Gasteiger partial charge in [0.05, 0.1) is 0 Å². The molecular weight excluding hydrogens is 339 g/mol. The van der Waals surface area contributed by atoms with E-state index in [1.54, 1.807) is 0 Å². The summed E-state index contributed by atoms with van der Waals surface area (Å²) in [6.45, 7) is 4.61. The van der Waals surface area contributed by atoms with E-state index in [9.17, 15) is 4.79 Å². The van der Waals surface area contributed by atoms with Gasteiger partial charge in [-0.2, -0.15) is 0 Å². The van der Waals surface area contributed by atoms with E-state index in [1.807, 2.05) is 25.1 Å². The smallest absolute Gasteiger partial charge is 0.251 e. The Kier molecular flexibility index (Phi) is 6.63. The number of unbranched alkanes of at least 4 members (excludes halogenated alkanes) is 1. The first-order valence-corrected chi connectivity index (χ1v) is 7.44. The summed E-state index contributed by atoms with van der Waals surface area (Å²) in [4.78, 5) is 12.2. The highest BCUT2D eigenvalue weighted by Gasteiger charge is 2.14. The standard InChI is InChI=1S/C14H21IN2O/c1-3-4-6-11(9-16)17-14(18)12-7-5-8-13(15)10(12)2/h5,7-8,11H,3-4,6,9,16H2,1-2H3,(H,17,18). The van der Waals surface area contributed by atoms with Gasteiger partial charge in [0.1, 0.15) is 0 Å². The van der Waals surface area contributed by atoms with Crippen molar-refractivity contribution < 1.29 is 4.79 Å². The number of hydrogen-bond acceptors (Lipinski definition) is 2. The van der Waals surface area contributed by atoms with Gasteiger partial charge in [0.25, 0.3) is 5.91 Å². The second kappa shape index (κ2) is 7.74. The number of halogens is 1. The van der Waals surface area contributed by atoms with Gasteiger partial charge in [0.2, 0.25) is 0 Å². The van der Waals surface area contributed by atoms with Gasteiger partial charge >= 0.3 is 0 Å². The molecule has 1 atom stereocenters. The Bertz CT molecular complexity index is 407. The molecule has 0 fully saturated rings. The fraction of sp³-hybridized carbons (Fsp3) is 0.500. The van der Waals surface area contributed by atoms with Gasteiger partial charge in [-0.3, -0.25) is 4.79 Å². The molecule has 0 aliphatic heterocycles. The van der Waals surface area contributed by atoms with Crippen LogP contribution in [0.15, 0.2) is 18.2 Å². The second-order valence-electron chi connectivity index (χ2n) is 4.46. The molecule has 1 aromatic rings. The average Bonchev–Trinajstić information content (AvgIpc) is 2.37. The van der Waals surface area contributed by atoms with Crippen LogP contribution in [0, 0.1) is 10.5 Å². The fourth-order valence-corrected chi connectivity index (χ4v) is 2.31. The van der Waals surface area contributed by atoms with Gasteiger partial charge in [-0.15, -0.1) is 0 Å². The van der Waals surface area contributed by atoms with Gasteiger partial charge in [-0.25, -0.2) is 0 Å². The Balaban J connectivity index is 2.72. The molecule has 1 rings (SSSR count). The Morgan fingerprint density at radius 3 is 2.83 bits per heavy atom. The van der Waals surface area contributed by atoms with Crippen molar-refractivity contribution in [3.63, 3.8) is 0 Å². The Morgan fingerprint density at radius 1 is 1.50 bits per heavy atom. The van der Waals surface area contributed by atoms with Crippen molar-refractivity contribution in [2.24, 2.45) is 5.73 Å². The van der Waals surface area contributed by atoms with Crippen LogP contribution >= 0.6 is 22.6 Å². The molecule has 0 spiro atoms. The third-order valence-electron chi connectivity index (χ3n) is 3.04. The zero-order chi connectivity index (χ0) is 13.5. The predicted octanol–water partition coefficient (Wildman–Crippen LogP) is 2.85. The van der Waals surface area contributed by atoms with E-state index in [0.717, 1.165) is 34.0 Å². The molecule has 0 saturated heterocycles. The Labute approximate surface area is 123 Å². The van der Waals surface area contributed by atoms with Crippen molar-refractivity contribution in [3.8, 4) is 0 Å². The molecule has 1 amide bonds. The first-order valence-electron chi connectivity index (χ1n) is 6.36. The number of carbonyl (C=O) groups excluding carboxylic acids is 1. The molecule has 1 unspecified atom stereocenters. The van der Waals surface area contributed by atoms with Crippen LogP contribution in [0.2, 0.25) is 0 Å². The molecule has 0 aliphatic rings. The fourth-order valence-electron chi connectivity index (χ4n) is 1.82. The lowest BCUT2D eigenvalue weighted by molar-refractivity contribution is 0.0935. The summed E-state index contributed by atoms with van der Waals surface area (Å²) in [6.07, 6.45) is 3.16. The molecule has 0 bridgehead atoms. The largest absolute Gasteiger partial charge is 0.348 e. The average molecular weight is 360 g/mol. The van der Waals surface area contributed by atoms with Crippen molar-refractivity contribution >= 4 is 28.5 Å². The van der Waals surface area contributed by atoms with Crippen LogP contribution in [0.1, 0.15) is 42.1 Å². The summed E-state index contributed by atoms with van der Waals surface area (Å²) in [5.41, 5.74) is 7.47. The van der Waals surface area contributed by atoms with Crippen LogP contribution in [0.5, 0.6) is 0 Å². The quantitative estimate of drug-likeness (QED) is 0.767. The van der Waals surface area contributed by atoms with Crippen molar-refractivity contribution in [2.45, 2.75) is 39.2 Å². The van der Waals surface area contributed by atoms with Gasteiger partial charge in [0, 0.05) is 21.7 Å². The number of amides is 1. The van der Waals surface area contributed by atoms with Gasteiger partial charge in [-0.05, 0) is 53.6 Å². The minimum absolute atomic E-state index is 0.0161. The number of benzene rings is 1. The van der Waals surface area contributed by atoms with E-state index >= 15 is 0 Å². The van der Waals surface area contributed by atoms with Gasteiger partial charge in [0.15, 0.2) is 0 Å². The zero-order valence-electron chi connectivity index (χ0n) is 11.0. The molecule has 0 saturated carbocycles. The minimum Gasteiger partial charge on any atom is -0.348 e. The predicted molar refractivity (Wildman–Crippen MR) is 83.7 cm³/mol. The number of nitrogens with one attached hydrogen (secondary N) is 1. The Morgan fingerprint density at radius 2 is 2.22 bits per heavy atom. The molecule has 0 aliphatic carbocycles. The minimum atomic E-state index is -0.0161. The number of carbonyl (C=O) groups is 1. The maximum Gasteiger partial charge on any atom is 0.251 e.